The molecule has 2 N–H and O–H groups in total. The summed E-state index contributed by atoms with van der Waals surface area (Å²) >= 11 is 0. The first-order valence-corrected chi connectivity index (χ1v) is 9.18. The SMILES string of the molecule is O=c1[nH]cc(-c2cc([C@@H]3C[C@H]3c3ccc(OC(F)F)nc3)c3ncc(F)n3n2)c(=O)[nH]1. The van der Waals surface area contributed by atoms with E-state index in [2.05, 4.69) is 29.8 Å². The van der Waals surface area contributed by atoms with Crippen molar-refractivity contribution >= 4 is 5.65 Å². The molecule has 4 aromatic heterocycles. The average Bonchev–Trinajstić information content (AvgIpc) is 3.44. The summed E-state index contributed by atoms with van der Waals surface area (Å²) in [5, 5.41) is 4.14. The molecular weight excluding hydrogens is 417 g/mol. The van der Waals surface area contributed by atoms with Crippen LogP contribution in [0.15, 0.2) is 46.4 Å². The Morgan fingerprint density at radius 1 is 1.16 bits per heavy atom. The van der Waals surface area contributed by atoms with Crippen LogP contribution in [0.1, 0.15) is 29.4 Å². The highest BCUT2D eigenvalue weighted by Crippen LogP contribution is 2.55. The second-order valence-corrected chi connectivity index (χ2v) is 7.04. The van der Waals surface area contributed by atoms with Crippen molar-refractivity contribution in [1.29, 1.82) is 0 Å². The van der Waals surface area contributed by atoms with E-state index >= 15 is 0 Å². The molecule has 0 radical (unpaired) electrons. The number of pyridine rings is 1. The van der Waals surface area contributed by atoms with Gasteiger partial charge in [-0.1, -0.05) is 6.07 Å². The molecule has 2 atom stereocenters. The second-order valence-electron chi connectivity index (χ2n) is 7.04. The molecule has 31 heavy (non-hydrogen) atoms. The summed E-state index contributed by atoms with van der Waals surface area (Å²) in [6.07, 6.45) is 4.39. The number of nitrogens with one attached hydrogen (secondary N) is 2. The lowest BCUT2D eigenvalue weighted by Crippen LogP contribution is -2.23. The van der Waals surface area contributed by atoms with Gasteiger partial charge in [-0.3, -0.25) is 9.78 Å². The van der Waals surface area contributed by atoms with Gasteiger partial charge in [0.25, 0.3) is 5.56 Å². The molecule has 1 aliphatic carbocycles. The molecule has 0 bridgehead atoms. The van der Waals surface area contributed by atoms with Crippen LogP contribution in [0.5, 0.6) is 5.88 Å². The lowest BCUT2D eigenvalue weighted by atomic mass is 10.1. The van der Waals surface area contributed by atoms with Crippen molar-refractivity contribution < 1.29 is 17.9 Å². The number of H-pyrrole nitrogens is 2. The molecule has 4 heterocycles. The third kappa shape index (κ3) is 3.45. The maximum Gasteiger partial charge on any atom is 0.388 e. The Morgan fingerprint density at radius 2 is 2.00 bits per heavy atom. The Kier molecular flexibility index (Phi) is 4.34. The molecule has 0 amide bonds. The van der Waals surface area contributed by atoms with Crippen molar-refractivity contribution in [2.75, 3.05) is 0 Å². The summed E-state index contributed by atoms with van der Waals surface area (Å²) in [6, 6.07) is 4.64. The fourth-order valence-corrected chi connectivity index (χ4v) is 3.65. The maximum atomic E-state index is 14.2. The lowest BCUT2D eigenvalue weighted by molar-refractivity contribution is -0.0528. The second kappa shape index (κ2) is 7.07. The zero-order chi connectivity index (χ0) is 21.7. The molecule has 1 aliphatic rings. The van der Waals surface area contributed by atoms with Gasteiger partial charge in [-0.25, -0.2) is 14.8 Å². The fraction of sp³-hybridized carbons (Fsp3) is 0.211. The highest BCUT2D eigenvalue weighted by molar-refractivity contribution is 5.63. The van der Waals surface area contributed by atoms with Gasteiger partial charge in [0.05, 0.1) is 17.5 Å². The van der Waals surface area contributed by atoms with Gasteiger partial charge in [0, 0.05) is 24.0 Å². The summed E-state index contributed by atoms with van der Waals surface area (Å²) < 4.78 is 44.1. The fourth-order valence-electron chi connectivity index (χ4n) is 3.65. The van der Waals surface area contributed by atoms with Crippen LogP contribution in [-0.2, 0) is 0 Å². The van der Waals surface area contributed by atoms with Crippen molar-refractivity contribution in [2.45, 2.75) is 24.9 Å². The largest absolute Gasteiger partial charge is 0.417 e. The Balaban J connectivity index is 1.53. The number of hydrogen-bond acceptors (Lipinski definition) is 6. The molecule has 158 valence electrons. The zero-order valence-electron chi connectivity index (χ0n) is 15.6. The molecular formula is C19H13F3N6O3. The van der Waals surface area contributed by atoms with Gasteiger partial charge in [0.2, 0.25) is 11.8 Å². The van der Waals surface area contributed by atoms with Gasteiger partial charge in [-0.2, -0.15) is 22.8 Å². The molecule has 0 aromatic carbocycles. The van der Waals surface area contributed by atoms with Gasteiger partial charge in [0.15, 0.2) is 5.65 Å². The van der Waals surface area contributed by atoms with E-state index in [1.54, 1.807) is 12.1 Å². The number of ether oxygens (including phenoxy) is 1. The number of aromatic nitrogens is 6. The van der Waals surface area contributed by atoms with Crippen molar-refractivity contribution in [2.24, 2.45) is 0 Å². The summed E-state index contributed by atoms with van der Waals surface area (Å²) in [7, 11) is 0. The number of alkyl halides is 2. The Morgan fingerprint density at radius 3 is 2.71 bits per heavy atom. The van der Waals surface area contributed by atoms with Gasteiger partial charge in [0.1, 0.15) is 0 Å². The van der Waals surface area contributed by atoms with Crippen LogP contribution in [0.25, 0.3) is 16.9 Å². The van der Waals surface area contributed by atoms with Crippen molar-refractivity contribution in [3.05, 3.63) is 74.7 Å². The lowest BCUT2D eigenvalue weighted by Gasteiger charge is -2.08. The van der Waals surface area contributed by atoms with E-state index in [1.165, 1.54) is 18.5 Å². The summed E-state index contributed by atoms with van der Waals surface area (Å²) in [4.78, 5) is 35.9. The quantitative estimate of drug-likeness (QED) is 0.501. The van der Waals surface area contributed by atoms with Crippen LogP contribution in [0, 0.1) is 5.95 Å². The maximum absolute atomic E-state index is 14.2. The van der Waals surface area contributed by atoms with Gasteiger partial charge >= 0.3 is 12.3 Å². The normalized spacial score (nSPS) is 17.9. The van der Waals surface area contributed by atoms with Crippen LogP contribution in [-0.4, -0.2) is 36.2 Å². The van der Waals surface area contributed by atoms with E-state index in [1.807, 2.05) is 0 Å². The van der Waals surface area contributed by atoms with Crippen molar-refractivity contribution in [3.8, 4) is 17.1 Å². The van der Waals surface area contributed by atoms with Gasteiger partial charge in [-0.05, 0) is 29.9 Å². The summed E-state index contributed by atoms with van der Waals surface area (Å²) in [5.74, 6) is -0.958. The van der Waals surface area contributed by atoms with E-state index < -0.39 is 23.8 Å². The first-order valence-electron chi connectivity index (χ1n) is 9.18. The monoisotopic (exact) mass is 430 g/mol. The predicted octanol–water partition coefficient (Wildman–Crippen LogP) is 2.18. The number of fused-ring (bicyclic) bond motifs is 1. The molecule has 4 aromatic rings. The highest BCUT2D eigenvalue weighted by Gasteiger charge is 2.42. The number of nitrogens with zero attached hydrogens (tertiary/aromatic N) is 4. The number of hydrogen-bond donors (Lipinski definition) is 2. The van der Waals surface area contributed by atoms with E-state index in [9.17, 15) is 22.8 Å². The third-order valence-electron chi connectivity index (χ3n) is 5.14. The smallest absolute Gasteiger partial charge is 0.388 e. The van der Waals surface area contributed by atoms with Gasteiger partial charge in [-0.15, -0.1) is 0 Å². The molecule has 0 saturated heterocycles. The minimum Gasteiger partial charge on any atom is -0.417 e. The zero-order valence-corrected chi connectivity index (χ0v) is 15.6. The van der Waals surface area contributed by atoms with Crippen LogP contribution >= 0.6 is 0 Å². The molecule has 0 spiro atoms. The third-order valence-corrected chi connectivity index (χ3v) is 5.14. The van der Waals surface area contributed by atoms with Crippen LogP contribution in [0.4, 0.5) is 13.2 Å². The predicted molar refractivity (Wildman–Crippen MR) is 101 cm³/mol. The first kappa shape index (κ1) is 19.0. The molecule has 12 heteroatoms. The highest BCUT2D eigenvalue weighted by atomic mass is 19.3. The van der Waals surface area contributed by atoms with Gasteiger partial charge < -0.3 is 9.72 Å². The number of rotatable bonds is 5. The van der Waals surface area contributed by atoms with E-state index in [0.717, 1.165) is 16.3 Å². The van der Waals surface area contributed by atoms with Crippen LogP contribution < -0.4 is 16.0 Å². The number of imidazole rings is 1. The standard InChI is InChI=1S/C19H13F3N6O3/c20-14-7-24-16-11(4-13(27-28(14)16)12-6-25-19(30)26-17(12)29)10-3-9(10)8-1-2-15(23-5-8)31-18(21)22/h1-2,4-7,9-10,18H,3H2,(H2,25,26,29,30)/t9-,10+/m0/s1. The summed E-state index contributed by atoms with van der Waals surface area (Å²) in [5.41, 5.74) is 0.686. The number of aromatic amines is 2. The molecule has 1 saturated carbocycles. The first-order chi connectivity index (χ1) is 14.9. The van der Waals surface area contributed by atoms with E-state index in [4.69, 9.17) is 0 Å². The summed E-state index contributed by atoms with van der Waals surface area (Å²) in [6.45, 7) is -2.96. The van der Waals surface area contributed by atoms with E-state index in [0.29, 0.717) is 17.6 Å². The Bertz CT molecular complexity index is 1400. The topological polar surface area (TPSA) is 118 Å². The molecule has 9 nitrogen and oxygen atoms in total. The number of halogens is 3. The average molecular weight is 430 g/mol. The Hall–Kier alpha value is -3.96. The van der Waals surface area contributed by atoms with E-state index in [-0.39, 0.29) is 29.0 Å². The molecule has 1 fully saturated rings. The van der Waals surface area contributed by atoms with Crippen molar-refractivity contribution in [1.82, 2.24) is 29.5 Å². The molecule has 0 aliphatic heterocycles. The Labute approximate surface area is 170 Å². The van der Waals surface area contributed by atoms with Crippen LogP contribution in [0.2, 0.25) is 0 Å². The minimum atomic E-state index is -2.96. The molecule has 0 unspecified atom stereocenters. The minimum absolute atomic E-state index is 0.000718. The molecule has 5 rings (SSSR count). The van der Waals surface area contributed by atoms with Crippen molar-refractivity contribution in [3.63, 3.8) is 0 Å². The van der Waals surface area contributed by atoms with Crippen LogP contribution in [0.3, 0.4) is 0 Å².